The summed E-state index contributed by atoms with van der Waals surface area (Å²) in [6.07, 6.45) is 2.61. The Morgan fingerprint density at radius 2 is 2.05 bits per heavy atom. The number of hydrogen-bond donors (Lipinski definition) is 2. The van der Waals surface area contributed by atoms with Gasteiger partial charge in [-0.15, -0.1) is 0 Å². The van der Waals surface area contributed by atoms with Crippen molar-refractivity contribution in [2.24, 2.45) is 0 Å². The fraction of sp³-hybridized carbons (Fsp3) is 0.143. The number of amides is 1. The van der Waals surface area contributed by atoms with E-state index in [4.69, 9.17) is 5.73 Å². The maximum atomic E-state index is 11.8. The molecular formula is C14H14BrN3O. The van der Waals surface area contributed by atoms with Gasteiger partial charge in [0.05, 0.1) is 11.9 Å². The molecule has 5 heteroatoms. The lowest BCUT2D eigenvalue weighted by Gasteiger charge is -2.06. The largest absolute Gasteiger partial charge is 0.397 e. The zero-order chi connectivity index (χ0) is 13.7. The van der Waals surface area contributed by atoms with Crippen molar-refractivity contribution in [2.45, 2.75) is 12.8 Å². The molecule has 0 aliphatic rings. The minimum Gasteiger partial charge on any atom is -0.397 e. The summed E-state index contributed by atoms with van der Waals surface area (Å²) < 4.78 is 1.02. The quantitative estimate of drug-likeness (QED) is 0.910. The highest BCUT2D eigenvalue weighted by molar-refractivity contribution is 9.10. The highest BCUT2D eigenvalue weighted by atomic mass is 79.9. The Balaban J connectivity index is 1.88. The summed E-state index contributed by atoms with van der Waals surface area (Å²) in [5.74, 6) is 0.458. The first-order chi connectivity index (χ1) is 9.15. The molecule has 98 valence electrons. The number of halogens is 1. The van der Waals surface area contributed by atoms with Crippen molar-refractivity contribution in [3.63, 3.8) is 0 Å². The number of nitrogens with one attached hydrogen (secondary N) is 1. The van der Waals surface area contributed by atoms with E-state index in [1.807, 2.05) is 24.3 Å². The number of benzene rings is 1. The first-order valence-corrected chi connectivity index (χ1v) is 6.69. The number of pyridine rings is 1. The second-order valence-electron chi connectivity index (χ2n) is 4.12. The van der Waals surface area contributed by atoms with Crippen LogP contribution in [-0.4, -0.2) is 10.9 Å². The van der Waals surface area contributed by atoms with Crippen LogP contribution < -0.4 is 11.1 Å². The predicted molar refractivity (Wildman–Crippen MR) is 79.7 cm³/mol. The van der Waals surface area contributed by atoms with Gasteiger partial charge in [-0.3, -0.25) is 4.79 Å². The van der Waals surface area contributed by atoms with Crippen LogP contribution in [0, 0.1) is 0 Å². The summed E-state index contributed by atoms with van der Waals surface area (Å²) in [6.45, 7) is 0. The summed E-state index contributed by atoms with van der Waals surface area (Å²) in [4.78, 5) is 15.8. The molecule has 0 spiro atoms. The fourth-order valence-corrected chi connectivity index (χ4v) is 2.12. The van der Waals surface area contributed by atoms with Gasteiger partial charge in [0.1, 0.15) is 5.82 Å². The third-order valence-corrected chi connectivity index (χ3v) is 3.41. The molecule has 1 heterocycles. The molecule has 1 aromatic heterocycles. The molecule has 0 atom stereocenters. The summed E-state index contributed by atoms with van der Waals surface area (Å²) >= 11 is 3.46. The van der Waals surface area contributed by atoms with E-state index in [0.717, 1.165) is 10.0 Å². The number of anilines is 2. The van der Waals surface area contributed by atoms with Crippen LogP contribution in [-0.2, 0) is 11.2 Å². The standard InChI is InChI=1S/C14H14BrN3O/c15-12-4-2-1-3-10(12)5-8-14(19)18-13-7-6-11(16)9-17-13/h1-4,6-7,9H,5,8,16H2,(H,17,18,19). The lowest BCUT2D eigenvalue weighted by atomic mass is 10.1. The first kappa shape index (κ1) is 13.5. The van der Waals surface area contributed by atoms with Crippen LogP contribution in [0.3, 0.4) is 0 Å². The topological polar surface area (TPSA) is 68.0 Å². The number of carbonyl (C=O) groups is 1. The van der Waals surface area contributed by atoms with Crippen molar-refractivity contribution in [2.75, 3.05) is 11.1 Å². The number of rotatable bonds is 4. The average molecular weight is 320 g/mol. The number of hydrogen-bond acceptors (Lipinski definition) is 3. The zero-order valence-electron chi connectivity index (χ0n) is 10.3. The second kappa shape index (κ2) is 6.33. The van der Waals surface area contributed by atoms with E-state index in [0.29, 0.717) is 24.3 Å². The van der Waals surface area contributed by atoms with Crippen LogP contribution in [0.25, 0.3) is 0 Å². The molecule has 0 radical (unpaired) electrons. The number of carbonyl (C=O) groups excluding carboxylic acids is 1. The predicted octanol–water partition coefficient (Wildman–Crippen LogP) is 3.00. The Kier molecular flexibility index (Phi) is 4.52. The van der Waals surface area contributed by atoms with Crippen molar-refractivity contribution < 1.29 is 4.79 Å². The van der Waals surface area contributed by atoms with Gasteiger partial charge >= 0.3 is 0 Å². The molecule has 0 fully saturated rings. The lowest BCUT2D eigenvalue weighted by molar-refractivity contribution is -0.116. The minimum atomic E-state index is -0.0620. The van der Waals surface area contributed by atoms with Gasteiger partial charge < -0.3 is 11.1 Å². The van der Waals surface area contributed by atoms with Crippen molar-refractivity contribution in [3.05, 3.63) is 52.6 Å². The molecule has 0 saturated carbocycles. The highest BCUT2D eigenvalue weighted by Gasteiger charge is 2.05. The Hall–Kier alpha value is -1.88. The number of nitrogens with zero attached hydrogens (tertiary/aromatic N) is 1. The third kappa shape index (κ3) is 4.06. The molecular weight excluding hydrogens is 306 g/mol. The summed E-state index contributed by atoms with van der Waals surface area (Å²) in [7, 11) is 0. The number of aromatic nitrogens is 1. The number of aryl methyl sites for hydroxylation is 1. The first-order valence-electron chi connectivity index (χ1n) is 5.90. The van der Waals surface area contributed by atoms with Gasteiger partial charge in [0.25, 0.3) is 0 Å². The molecule has 4 nitrogen and oxygen atoms in total. The van der Waals surface area contributed by atoms with Gasteiger partial charge in [-0.2, -0.15) is 0 Å². The summed E-state index contributed by atoms with van der Waals surface area (Å²) in [5.41, 5.74) is 7.22. The number of nitrogens with two attached hydrogens (primary N) is 1. The number of nitrogen functional groups attached to an aromatic ring is 1. The SMILES string of the molecule is Nc1ccc(NC(=O)CCc2ccccc2Br)nc1. The summed E-state index contributed by atoms with van der Waals surface area (Å²) in [5, 5.41) is 2.74. The average Bonchev–Trinajstić information content (AvgIpc) is 2.40. The Morgan fingerprint density at radius 1 is 1.26 bits per heavy atom. The molecule has 1 amide bonds. The molecule has 0 aliphatic carbocycles. The molecule has 2 rings (SSSR count). The van der Waals surface area contributed by atoms with Gasteiger partial charge in [-0.05, 0) is 30.2 Å². The molecule has 3 N–H and O–H groups in total. The van der Waals surface area contributed by atoms with Gasteiger partial charge in [0, 0.05) is 10.9 Å². The highest BCUT2D eigenvalue weighted by Crippen LogP contribution is 2.17. The van der Waals surface area contributed by atoms with E-state index in [1.165, 1.54) is 6.20 Å². The smallest absolute Gasteiger partial charge is 0.225 e. The Bertz CT molecular complexity index is 569. The van der Waals surface area contributed by atoms with Crippen LogP contribution in [0.4, 0.5) is 11.5 Å². The Morgan fingerprint density at radius 3 is 2.74 bits per heavy atom. The van der Waals surface area contributed by atoms with Crippen molar-refractivity contribution in [1.82, 2.24) is 4.98 Å². The van der Waals surface area contributed by atoms with E-state index in [2.05, 4.69) is 26.2 Å². The van der Waals surface area contributed by atoms with Crippen molar-refractivity contribution in [3.8, 4) is 0 Å². The van der Waals surface area contributed by atoms with Crippen LogP contribution >= 0.6 is 15.9 Å². The maximum Gasteiger partial charge on any atom is 0.225 e. The lowest BCUT2D eigenvalue weighted by Crippen LogP contribution is -2.13. The van der Waals surface area contributed by atoms with Crippen LogP contribution in [0.1, 0.15) is 12.0 Å². The van der Waals surface area contributed by atoms with Gasteiger partial charge in [-0.1, -0.05) is 34.1 Å². The molecule has 1 aromatic carbocycles. The molecule has 19 heavy (non-hydrogen) atoms. The van der Waals surface area contributed by atoms with E-state index in [-0.39, 0.29) is 5.91 Å². The maximum absolute atomic E-state index is 11.8. The zero-order valence-corrected chi connectivity index (χ0v) is 11.9. The van der Waals surface area contributed by atoms with E-state index in [1.54, 1.807) is 12.1 Å². The van der Waals surface area contributed by atoms with Gasteiger partial charge in [0.15, 0.2) is 0 Å². The van der Waals surface area contributed by atoms with E-state index in [9.17, 15) is 4.79 Å². The molecule has 0 aliphatic heterocycles. The fourth-order valence-electron chi connectivity index (χ4n) is 1.63. The van der Waals surface area contributed by atoms with Gasteiger partial charge in [-0.25, -0.2) is 4.98 Å². The normalized spacial score (nSPS) is 10.2. The van der Waals surface area contributed by atoms with Crippen LogP contribution in [0.5, 0.6) is 0 Å². The minimum absolute atomic E-state index is 0.0620. The Labute approximate surface area is 120 Å². The molecule has 0 unspecified atom stereocenters. The van der Waals surface area contributed by atoms with E-state index >= 15 is 0 Å². The second-order valence-corrected chi connectivity index (χ2v) is 4.97. The van der Waals surface area contributed by atoms with Gasteiger partial charge in [0.2, 0.25) is 5.91 Å². The molecule has 0 bridgehead atoms. The van der Waals surface area contributed by atoms with Crippen molar-refractivity contribution in [1.29, 1.82) is 0 Å². The van der Waals surface area contributed by atoms with Crippen LogP contribution in [0.2, 0.25) is 0 Å². The monoisotopic (exact) mass is 319 g/mol. The van der Waals surface area contributed by atoms with Crippen molar-refractivity contribution >= 4 is 33.3 Å². The molecule has 2 aromatic rings. The van der Waals surface area contributed by atoms with E-state index < -0.39 is 0 Å². The summed E-state index contributed by atoms with van der Waals surface area (Å²) in [6, 6.07) is 11.3. The third-order valence-electron chi connectivity index (χ3n) is 2.63. The molecule has 0 saturated heterocycles. The van der Waals surface area contributed by atoms with Crippen LogP contribution in [0.15, 0.2) is 47.1 Å².